The number of nitrogens with two attached hydrogens (primary N) is 1. The number of fused-ring (bicyclic) bond motifs is 3. The molecular weight excluding hydrogens is 378 g/mol. The summed E-state index contributed by atoms with van der Waals surface area (Å²) in [6.07, 6.45) is 4.67. The van der Waals surface area contributed by atoms with E-state index in [2.05, 4.69) is 6.07 Å². The van der Waals surface area contributed by atoms with Gasteiger partial charge in [-0.2, -0.15) is 0 Å². The van der Waals surface area contributed by atoms with Crippen molar-refractivity contribution < 1.29 is 14.3 Å². The summed E-state index contributed by atoms with van der Waals surface area (Å²) in [4.78, 5) is 20.0. The molecule has 6 nitrogen and oxygen atoms in total. The SMILES string of the molecule is CO[C@H]1CC[C@]2(CC1)Cc1ccc(Oc3ccccc3)cc1[C@@]21N=C(N)N(C)C1=O. The van der Waals surface area contributed by atoms with E-state index in [1.165, 1.54) is 4.90 Å². The number of carbonyl (C=O) groups excluding carboxylic acids is 1. The number of rotatable bonds is 3. The molecule has 156 valence electrons. The van der Waals surface area contributed by atoms with Gasteiger partial charge in [0.15, 0.2) is 11.5 Å². The minimum absolute atomic E-state index is 0.0357. The zero-order valence-electron chi connectivity index (χ0n) is 17.4. The third-order valence-corrected chi connectivity index (χ3v) is 7.21. The van der Waals surface area contributed by atoms with Gasteiger partial charge in [0, 0.05) is 19.6 Å². The molecule has 1 fully saturated rings. The highest BCUT2D eigenvalue weighted by atomic mass is 16.5. The highest BCUT2D eigenvalue weighted by Gasteiger charge is 2.66. The molecule has 2 aromatic rings. The molecule has 2 spiro atoms. The summed E-state index contributed by atoms with van der Waals surface area (Å²) in [5.74, 6) is 1.72. The Kier molecular flexibility index (Phi) is 4.36. The van der Waals surface area contributed by atoms with Crippen LogP contribution in [-0.4, -0.2) is 37.0 Å². The van der Waals surface area contributed by atoms with Crippen molar-refractivity contribution in [2.24, 2.45) is 16.1 Å². The zero-order chi connectivity index (χ0) is 20.9. The Morgan fingerprint density at radius 2 is 1.83 bits per heavy atom. The second-order valence-corrected chi connectivity index (χ2v) is 8.67. The smallest absolute Gasteiger partial charge is 0.262 e. The van der Waals surface area contributed by atoms with E-state index in [1.807, 2.05) is 42.5 Å². The van der Waals surface area contributed by atoms with Crippen LogP contribution in [0.4, 0.5) is 0 Å². The highest BCUT2D eigenvalue weighted by Crippen LogP contribution is 2.62. The summed E-state index contributed by atoms with van der Waals surface area (Å²) in [6, 6.07) is 15.7. The van der Waals surface area contributed by atoms with E-state index in [4.69, 9.17) is 20.2 Å². The third-order valence-electron chi connectivity index (χ3n) is 7.21. The van der Waals surface area contributed by atoms with Crippen LogP contribution in [0, 0.1) is 5.41 Å². The Balaban J connectivity index is 1.60. The van der Waals surface area contributed by atoms with E-state index in [0.717, 1.165) is 49.0 Å². The van der Waals surface area contributed by atoms with Gasteiger partial charge in [-0.05, 0) is 67.5 Å². The minimum Gasteiger partial charge on any atom is -0.457 e. The first-order valence-electron chi connectivity index (χ1n) is 10.5. The van der Waals surface area contributed by atoms with Crippen molar-refractivity contribution in [3.63, 3.8) is 0 Å². The maximum Gasteiger partial charge on any atom is 0.262 e. The number of ether oxygens (including phenoxy) is 2. The Bertz CT molecular complexity index is 1010. The Hall–Kier alpha value is -2.86. The van der Waals surface area contributed by atoms with E-state index in [-0.39, 0.29) is 23.4 Å². The molecule has 0 unspecified atom stereocenters. The lowest BCUT2D eigenvalue weighted by molar-refractivity contribution is -0.137. The molecular formula is C24H27N3O3. The van der Waals surface area contributed by atoms with Crippen molar-refractivity contribution in [2.45, 2.75) is 43.7 Å². The number of likely N-dealkylation sites (N-methyl/N-ethyl adjacent to an activating group) is 1. The number of methoxy groups -OCH3 is 1. The predicted octanol–water partition coefficient (Wildman–Crippen LogP) is 3.59. The summed E-state index contributed by atoms with van der Waals surface area (Å²) in [7, 11) is 3.48. The summed E-state index contributed by atoms with van der Waals surface area (Å²) in [6.45, 7) is 0. The van der Waals surface area contributed by atoms with Gasteiger partial charge < -0.3 is 15.2 Å². The molecule has 0 saturated heterocycles. The van der Waals surface area contributed by atoms with Crippen molar-refractivity contribution in [2.75, 3.05) is 14.2 Å². The Labute approximate surface area is 176 Å². The molecule has 1 amide bonds. The average Bonchev–Trinajstić information content (AvgIpc) is 3.16. The highest BCUT2D eigenvalue weighted by molar-refractivity contribution is 6.08. The standard InChI is InChI=1S/C24H27N3O3/c1-27-21(28)24(26-22(27)25)20-14-19(30-18-6-4-3-5-7-18)9-8-16(20)15-23(24)12-10-17(29-2)11-13-23/h3-9,14,17H,10-13,15H2,1-2H3,(H2,25,26)/t17-,23-,24-/m0/s1. The molecule has 2 aromatic carbocycles. The van der Waals surface area contributed by atoms with Gasteiger partial charge in [0.2, 0.25) is 0 Å². The van der Waals surface area contributed by atoms with Gasteiger partial charge in [-0.15, -0.1) is 0 Å². The van der Waals surface area contributed by atoms with Crippen LogP contribution >= 0.6 is 0 Å². The van der Waals surface area contributed by atoms with Crippen LogP contribution in [0.5, 0.6) is 11.5 Å². The van der Waals surface area contributed by atoms with Crippen LogP contribution < -0.4 is 10.5 Å². The van der Waals surface area contributed by atoms with E-state index >= 15 is 0 Å². The average molecular weight is 405 g/mol. The normalized spacial score (nSPS) is 30.1. The van der Waals surface area contributed by atoms with Gasteiger partial charge in [0.25, 0.3) is 5.91 Å². The van der Waals surface area contributed by atoms with Crippen molar-refractivity contribution in [1.29, 1.82) is 0 Å². The lowest BCUT2D eigenvalue weighted by Gasteiger charge is -2.45. The Morgan fingerprint density at radius 3 is 2.47 bits per heavy atom. The molecule has 6 heteroatoms. The number of hydrogen-bond acceptors (Lipinski definition) is 5. The molecule has 1 atom stereocenters. The van der Waals surface area contributed by atoms with Crippen LogP contribution in [0.2, 0.25) is 0 Å². The first-order valence-corrected chi connectivity index (χ1v) is 10.5. The molecule has 0 aromatic heterocycles. The largest absolute Gasteiger partial charge is 0.457 e. The third kappa shape index (κ3) is 2.59. The van der Waals surface area contributed by atoms with Gasteiger partial charge in [-0.3, -0.25) is 9.69 Å². The number of benzene rings is 2. The molecule has 5 rings (SSSR count). The fourth-order valence-electron chi connectivity index (χ4n) is 5.59. The second kappa shape index (κ2) is 6.84. The van der Waals surface area contributed by atoms with Crippen LogP contribution in [0.3, 0.4) is 0 Å². The monoisotopic (exact) mass is 405 g/mol. The fourth-order valence-corrected chi connectivity index (χ4v) is 5.59. The van der Waals surface area contributed by atoms with Crippen LogP contribution in [-0.2, 0) is 21.5 Å². The van der Waals surface area contributed by atoms with Crippen LogP contribution in [0.1, 0.15) is 36.8 Å². The van der Waals surface area contributed by atoms with Gasteiger partial charge in [0.05, 0.1) is 6.10 Å². The van der Waals surface area contributed by atoms with Crippen LogP contribution in [0.25, 0.3) is 0 Å². The van der Waals surface area contributed by atoms with Gasteiger partial charge in [0.1, 0.15) is 11.5 Å². The van der Waals surface area contributed by atoms with Gasteiger partial charge >= 0.3 is 0 Å². The molecule has 2 N–H and O–H groups in total. The summed E-state index contributed by atoms with van der Waals surface area (Å²) >= 11 is 0. The first kappa shape index (κ1) is 19.1. The van der Waals surface area contributed by atoms with E-state index in [0.29, 0.717) is 5.75 Å². The van der Waals surface area contributed by atoms with Crippen molar-refractivity contribution in [1.82, 2.24) is 4.90 Å². The maximum absolute atomic E-state index is 13.7. The summed E-state index contributed by atoms with van der Waals surface area (Å²) < 4.78 is 11.7. The quantitative estimate of drug-likeness (QED) is 0.847. The predicted molar refractivity (Wildman–Crippen MR) is 114 cm³/mol. The van der Waals surface area contributed by atoms with Gasteiger partial charge in [-0.25, -0.2) is 4.99 Å². The number of hydrogen-bond donors (Lipinski definition) is 1. The maximum atomic E-state index is 13.7. The van der Waals surface area contributed by atoms with Crippen molar-refractivity contribution >= 4 is 11.9 Å². The summed E-state index contributed by atoms with van der Waals surface area (Å²) in [5.41, 5.74) is 7.03. The fraction of sp³-hybridized carbons (Fsp3) is 0.417. The zero-order valence-corrected chi connectivity index (χ0v) is 17.4. The molecule has 30 heavy (non-hydrogen) atoms. The molecule has 1 saturated carbocycles. The van der Waals surface area contributed by atoms with Crippen molar-refractivity contribution in [3.05, 3.63) is 59.7 Å². The Morgan fingerprint density at radius 1 is 1.10 bits per heavy atom. The van der Waals surface area contributed by atoms with E-state index in [9.17, 15) is 4.79 Å². The summed E-state index contributed by atoms with van der Waals surface area (Å²) in [5, 5.41) is 0. The topological polar surface area (TPSA) is 77.2 Å². The molecule has 0 radical (unpaired) electrons. The van der Waals surface area contributed by atoms with Crippen LogP contribution in [0.15, 0.2) is 53.5 Å². The van der Waals surface area contributed by atoms with E-state index < -0.39 is 5.54 Å². The van der Waals surface area contributed by atoms with E-state index in [1.54, 1.807) is 14.2 Å². The molecule has 0 bridgehead atoms. The lowest BCUT2D eigenvalue weighted by atomic mass is 9.61. The lowest BCUT2D eigenvalue weighted by Crippen LogP contribution is -2.51. The second-order valence-electron chi connectivity index (χ2n) is 8.67. The number of carbonyl (C=O) groups is 1. The van der Waals surface area contributed by atoms with Crippen molar-refractivity contribution in [3.8, 4) is 11.5 Å². The molecule has 1 aliphatic heterocycles. The van der Waals surface area contributed by atoms with Gasteiger partial charge in [-0.1, -0.05) is 24.3 Å². The minimum atomic E-state index is -0.976. The number of para-hydroxylation sites is 1. The molecule has 2 aliphatic carbocycles. The molecule has 3 aliphatic rings. The number of amides is 1. The number of guanidine groups is 1. The number of aliphatic imine (C=N–C) groups is 1. The number of nitrogens with zero attached hydrogens (tertiary/aromatic N) is 2. The first-order chi connectivity index (χ1) is 14.5. The molecule has 1 heterocycles.